The molecule has 0 atom stereocenters. The van der Waals surface area contributed by atoms with E-state index < -0.39 is 11.7 Å². The first-order valence-corrected chi connectivity index (χ1v) is 6.34. The van der Waals surface area contributed by atoms with Gasteiger partial charge in [0.15, 0.2) is 0 Å². The lowest BCUT2D eigenvalue weighted by Crippen LogP contribution is -2.23. The van der Waals surface area contributed by atoms with Gasteiger partial charge in [-0.05, 0) is 35.9 Å². The maximum atomic E-state index is 13.5. The van der Waals surface area contributed by atoms with E-state index in [0.29, 0.717) is 10.8 Å². The van der Waals surface area contributed by atoms with Crippen molar-refractivity contribution in [3.05, 3.63) is 64.4 Å². The summed E-state index contributed by atoms with van der Waals surface area (Å²) < 4.78 is 18.6. The minimum absolute atomic E-state index is 0.0691. The van der Waals surface area contributed by atoms with Crippen LogP contribution >= 0.6 is 11.6 Å². The second-order valence-electron chi connectivity index (χ2n) is 4.16. The quantitative estimate of drug-likeness (QED) is 0.938. The third kappa shape index (κ3) is 3.48. The van der Waals surface area contributed by atoms with Crippen molar-refractivity contribution < 1.29 is 13.9 Å². The Morgan fingerprint density at radius 1 is 1.30 bits per heavy atom. The van der Waals surface area contributed by atoms with Gasteiger partial charge in [0.2, 0.25) is 0 Å². The molecule has 2 rings (SSSR count). The Bertz CT molecular complexity index is 631. The molecule has 5 heteroatoms. The number of benzene rings is 2. The fourth-order valence-electron chi connectivity index (χ4n) is 1.73. The Hall–Kier alpha value is -2.07. The molecule has 1 amide bonds. The molecule has 1 N–H and O–H groups in total. The standard InChI is InChI=1S/C15H13ClFNO2/c1-20-12-4-2-3-10(7-12)9-18-15(19)13-8-11(16)5-6-14(13)17/h2-8H,9H2,1H3,(H,18,19). The van der Waals surface area contributed by atoms with Crippen LogP contribution < -0.4 is 10.1 Å². The van der Waals surface area contributed by atoms with Crippen molar-refractivity contribution in [3.8, 4) is 5.75 Å². The number of ether oxygens (including phenoxy) is 1. The SMILES string of the molecule is COc1cccc(CNC(=O)c2cc(Cl)ccc2F)c1. The maximum Gasteiger partial charge on any atom is 0.254 e. The zero-order valence-electron chi connectivity index (χ0n) is 10.8. The Morgan fingerprint density at radius 2 is 2.10 bits per heavy atom. The molecule has 0 fully saturated rings. The summed E-state index contributed by atoms with van der Waals surface area (Å²) in [5.41, 5.74) is 0.792. The van der Waals surface area contributed by atoms with E-state index in [1.54, 1.807) is 13.2 Å². The predicted octanol–water partition coefficient (Wildman–Crippen LogP) is 3.42. The molecule has 20 heavy (non-hydrogen) atoms. The summed E-state index contributed by atoms with van der Waals surface area (Å²) in [6.45, 7) is 0.280. The molecular weight excluding hydrogens is 281 g/mol. The van der Waals surface area contributed by atoms with Crippen molar-refractivity contribution in [2.45, 2.75) is 6.54 Å². The Balaban J connectivity index is 2.06. The van der Waals surface area contributed by atoms with Gasteiger partial charge in [-0.2, -0.15) is 0 Å². The average molecular weight is 294 g/mol. The molecular formula is C15H13ClFNO2. The molecule has 0 saturated carbocycles. The van der Waals surface area contributed by atoms with E-state index in [0.717, 1.165) is 5.56 Å². The fraction of sp³-hybridized carbons (Fsp3) is 0.133. The number of amides is 1. The summed E-state index contributed by atoms with van der Waals surface area (Å²) >= 11 is 5.75. The molecule has 0 aromatic heterocycles. The van der Waals surface area contributed by atoms with Crippen LogP contribution in [0.4, 0.5) is 4.39 Å². The van der Waals surface area contributed by atoms with E-state index in [2.05, 4.69) is 5.32 Å². The zero-order valence-corrected chi connectivity index (χ0v) is 11.6. The smallest absolute Gasteiger partial charge is 0.254 e. The van der Waals surface area contributed by atoms with Crippen molar-refractivity contribution in [2.24, 2.45) is 0 Å². The topological polar surface area (TPSA) is 38.3 Å². The van der Waals surface area contributed by atoms with E-state index >= 15 is 0 Å². The number of methoxy groups -OCH3 is 1. The molecule has 0 spiro atoms. The number of hydrogen-bond donors (Lipinski definition) is 1. The number of nitrogens with one attached hydrogen (secondary N) is 1. The highest BCUT2D eigenvalue weighted by Crippen LogP contribution is 2.16. The Labute approximate surface area is 121 Å². The summed E-state index contributed by atoms with van der Waals surface area (Å²) in [4.78, 5) is 11.9. The first kappa shape index (κ1) is 14.3. The molecule has 2 aromatic rings. The minimum Gasteiger partial charge on any atom is -0.497 e. The molecule has 0 aliphatic heterocycles. The first-order valence-electron chi connectivity index (χ1n) is 5.96. The molecule has 104 valence electrons. The van der Waals surface area contributed by atoms with Crippen LogP contribution in [-0.2, 0) is 6.54 Å². The molecule has 0 saturated heterocycles. The van der Waals surface area contributed by atoms with Gasteiger partial charge in [0.1, 0.15) is 11.6 Å². The number of rotatable bonds is 4. The van der Waals surface area contributed by atoms with Gasteiger partial charge in [0.05, 0.1) is 12.7 Å². The molecule has 0 heterocycles. The highest BCUT2D eigenvalue weighted by atomic mass is 35.5. The number of halogens is 2. The lowest BCUT2D eigenvalue weighted by molar-refractivity contribution is 0.0947. The summed E-state index contributed by atoms with van der Waals surface area (Å²) in [7, 11) is 1.57. The molecule has 0 aliphatic rings. The van der Waals surface area contributed by atoms with Gasteiger partial charge in [-0.1, -0.05) is 23.7 Å². The average Bonchev–Trinajstić information content (AvgIpc) is 2.47. The number of carbonyl (C=O) groups excluding carboxylic acids is 1. The third-order valence-corrected chi connectivity index (χ3v) is 3.00. The van der Waals surface area contributed by atoms with Gasteiger partial charge in [-0.25, -0.2) is 4.39 Å². The summed E-state index contributed by atoms with van der Waals surface area (Å²) in [6, 6.07) is 11.1. The highest BCUT2D eigenvalue weighted by Gasteiger charge is 2.11. The number of carbonyl (C=O) groups is 1. The van der Waals surface area contributed by atoms with Crippen LogP contribution in [0.25, 0.3) is 0 Å². The molecule has 2 aromatic carbocycles. The van der Waals surface area contributed by atoms with Crippen molar-refractivity contribution in [2.75, 3.05) is 7.11 Å². The van der Waals surface area contributed by atoms with E-state index in [9.17, 15) is 9.18 Å². The van der Waals surface area contributed by atoms with Crippen LogP contribution in [0.1, 0.15) is 15.9 Å². The Kier molecular flexibility index (Phi) is 4.58. The van der Waals surface area contributed by atoms with E-state index in [1.807, 2.05) is 18.2 Å². The van der Waals surface area contributed by atoms with Crippen LogP contribution in [-0.4, -0.2) is 13.0 Å². The second-order valence-corrected chi connectivity index (χ2v) is 4.59. The zero-order chi connectivity index (χ0) is 14.5. The third-order valence-electron chi connectivity index (χ3n) is 2.76. The van der Waals surface area contributed by atoms with Crippen molar-refractivity contribution in [3.63, 3.8) is 0 Å². The number of hydrogen-bond acceptors (Lipinski definition) is 2. The maximum absolute atomic E-state index is 13.5. The van der Waals surface area contributed by atoms with Gasteiger partial charge < -0.3 is 10.1 Å². The molecule has 3 nitrogen and oxygen atoms in total. The molecule has 0 bridgehead atoms. The van der Waals surface area contributed by atoms with Crippen LogP contribution in [0.2, 0.25) is 5.02 Å². The van der Waals surface area contributed by atoms with Gasteiger partial charge in [-0.15, -0.1) is 0 Å². The first-order chi connectivity index (χ1) is 9.60. The van der Waals surface area contributed by atoms with Crippen molar-refractivity contribution >= 4 is 17.5 Å². The molecule has 0 aliphatic carbocycles. The molecule has 0 radical (unpaired) electrons. The summed E-state index contributed by atoms with van der Waals surface area (Å²) in [6.07, 6.45) is 0. The predicted molar refractivity (Wildman–Crippen MR) is 75.6 cm³/mol. The van der Waals surface area contributed by atoms with E-state index in [1.165, 1.54) is 18.2 Å². The van der Waals surface area contributed by atoms with E-state index in [-0.39, 0.29) is 12.1 Å². The monoisotopic (exact) mass is 293 g/mol. The van der Waals surface area contributed by atoms with Crippen molar-refractivity contribution in [1.29, 1.82) is 0 Å². The summed E-state index contributed by atoms with van der Waals surface area (Å²) in [5, 5.41) is 2.96. The second kappa shape index (κ2) is 6.39. The largest absolute Gasteiger partial charge is 0.497 e. The summed E-state index contributed by atoms with van der Waals surface area (Å²) in [5.74, 6) is -0.406. The van der Waals surface area contributed by atoms with Crippen LogP contribution in [0.5, 0.6) is 5.75 Å². The van der Waals surface area contributed by atoms with Gasteiger partial charge in [0, 0.05) is 11.6 Å². The lowest BCUT2D eigenvalue weighted by atomic mass is 10.1. The normalized spacial score (nSPS) is 10.2. The molecule has 0 unspecified atom stereocenters. The lowest BCUT2D eigenvalue weighted by Gasteiger charge is -2.08. The van der Waals surface area contributed by atoms with Crippen LogP contribution in [0, 0.1) is 5.82 Å². The van der Waals surface area contributed by atoms with Gasteiger partial charge >= 0.3 is 0 Å². The van der Waals surface area contributed by atoms with Crippen molar-refractivity contribution in [1.82, 2.24) is 5.32 Å². The van der Waals surface area contributed by atoms with Crippen LogP contribution in [0.15, 0.2) is 42.5 Å². The van der Waals surface area contributed by atoms with E-state index in [4.69, 9.17) is 16.3 Å². The van der Waals surface area contributed by atoms with Gasteiger partial charge in [0.25, 0.3) is 5.91 Å². The minimum atomic E-state index is -0.599. The fourth-order valence-corrected chi connectivity index (χ4v) is 1.90. The van der Waals surface area contributed by atoms with Crippen LogP contribution in [0.3, 0.4) is 0 Å². The van der Waals surface area contributed by atoms with Gasteiger partial charge in [-0.3, -0.25) is 4.79 Å². The Morgan fingerprint density at radius 3 is 2.85 bits per heavy atom. The highest BCUT2D eigenvalue weighted by molar-refractivity contribution is 6.30.